The SMILES string of the molecule is C#Cc1cc(C[C@@H](CC(=O)N2CCC(n3c(=O)[nH]c4ccccc43)CC2)C(=O)N2CCC(N(C)C)CC2)cc(Cl)c1N. The van der Waals surface area contributed by atoms with Crippen LogP contribution in [0.1, 0.15) is 49.3 Å². The number of imidazole rings is 1. The number of anilines is 1. The lowest BCUT2D eigenvalue weighted by Crippen LogP contribution is -2.48. The predicted molar refractivity (Wildman–Crippen MR) is 166 cm³/mol. The molecular weight excluding hydrogens is 552 g/mol. The minimum Gasteiger partial charge on any atom is -0.397 e. The van der Waals surface area contributed by atoms with Gasteiger partial charge < -0.3 is 25.4 Å². The van der Waals surface area contributed by atoms with E-state index in [4.69, 9.17) is 23.8 Å². The number of nitrogens with two attached hydrogens (primary N) is 1. The van der Waals surface area contributed by atoms with E-state index in [1.807, 2.05) is 38.6 Å². The van der Waals surface area contributed by atoms with E-state index in [-0.39, 0.29) is 30.0 Å². The largest absolute Gasteiger partial charge is 0.397 e. The Hall–Kier alpha value is -3.74. The summed E-state index contributed by atoms with van der Waals surface area (Å²) in [6, 6.07) is 11.6. The van der Waals surface area contributed by atoms with Crippen LogP contribution in [-0.2, 0) is 16.0 Å². The van der Waals surface area contributed by atoms with Gasteiger partial charge in [-0.05, 0) is 76.0 Å². The van der Waals surface area contributed by atoms with E-state index in [1.165, 1.54) is 0 Å². The summed E-state index contributed by atoms with van der Waals surface area (Å²) in [5, 5.41) is 0.347. The van der Waals surface area contributed by atoms with Gasteiger partial charge in [0.2, 0.25) is 11.8 Å². The maximum atomic E-state index is 13.9. The topological polar surface area (TPSA) is 108 Å². The number of amides is 2. The fraction of sp³-hybridized carbons (Fsp3) is 0.469. The summed E-state index contributed by atoms with van der Waals surface area (Å²) in [5.74, 6) is 1.95. The summed E-state index contributed by atoms with van der Waals surface area (Å²) in [7, 11) is 4.13. The van der Waals surface area contributed by atoms with Crippen LogP contribution in [0.3, 0.4) is 0 Å². The van der Waals surface area contributed by atoms with Crippen molar-refractivity contribution in [2.24, 2.45) is 5.92 Å². The molecule has 2 aliphatic rings. The quantitative estimate of drug-likeness (QED) is 0.323. The van der Waals surface area contributed by atoms with E-state index >= 15 is 0 Å². The number of carbonyl (C=O) groups is 2. The van der Waals surface area contributed by atoms with Crippen LogP contribution >= 0.6 is 11.6 Å². The van der Waals surface area contributed by atoms with Gasteiger partial charge in [-0.1, -0.05) is 29.7 Å². The molecule has 0 spiro atoms. The third-order valence-electron chi connectivity index (χ3n) is 8.91. The van der Waals surface area contributed by atoms with Crippen molar-refractivity contribution in [2.45, 2.75) is 50.6 Å². The highest BCUT2D eigenvalue weighted by molar-refractivity contribution is 6.33. The zero-order chi connectivity index (χ0) is 30.0. The minimum absolute atomic E-state index is 0.00669. The Labute approximate surface area is 251 Å². The third-order valence-corrected chi connectivity index (χ3v) is 9.22. The fourth-order valence-electron chi connectivity index (χ4n) is 6.45. The third kappa shape index (κ3) is 6.20. The zero-order valence-corrected chi connectivity index (χ0v) is 25.1. The smallest absolute Gasteiger partial charge is 0.326 e. The van der Waals surface area contributed by atoms with Crippen molar-refractivity contribution in [1.82, 2.24) is 24.3 Å². The number of fused-ring (bicyclic) bond motifs is 1. The van der Waals surface area contributed by atoms with Crippen molar-refractivity contribution in [3.05, 3.63) is 63.0 Å². The first-order valence-electron chi connectivity index (χ1n) is 14.6. The first-order chi connectivity index (χ1) is 20.2. The number of terminal acetylenes is 1. The van der Waals surface area contributed by atoms with Crippen LogP contribution < -0.4 is 11.4 Å². The molecular formula is C32H39ClN6O3. The Bertz CT molecular complexity index is 1550. The normalized spacial score (nSPS) is 17.5. The summed E-state index contributed by atoms with van der Waals surface area (Å²) in [6.07, 6.45) is 9.22. The number of likely N-dealkylation sites (tertiary alicyclic amines) is 2. The molecule has 2 saturated heterocycles. The average Bonchev–Trinajstić information content (AvgIpc) is 3.33. The molecule has 222 valence electrons. The molecule has 5 rings (SSSR count). The number of halogens is 1. The van der Waals surface area contributed by atoms with Crippen molar-refractivity contribution in [3.63, 3.8) is 0 Å². The Kier molecular flexibility index (Phi) is 8.95. The van der Waals surface area contributed by atoms with Crippen LogP contribution in [0, 0.1) is 18.3 Å². The maximum absolute atomic E-state index is 13.9. The molecule has 3 heterocycles. The van der Waals surface area contributed by atoms with E-state index in [9.17, 15) is 14.4 Å². The number of hydrogen-bond acceptors (Lipinski definition) is 5. The molecule has 10 heteroatoms. The van der Waals surface area contributed by atoms with Gasteiger partial charge in [-0.15, -0.1) is 6.42 Å². The van der Waals surface area contributed by atoms with Crippen LogP contribution in [0.15, 0.2) is 41.2 Å². The number of hydrogen-bond donors (Lipinski definition) is 2. The number of aromatic nitrogens is 2. The zero-order valence-electron chi connectivity index (χ0n) is 24.3. The number of nitrogens with zero attached hydrogens (tertiary/aromatic N) is 4. The molecule has 2 fully saturated rings. The highest BCUT2D eigenvalue weighted by Gasteiger charge is 2.33. The average molecular weight is 591 g/mol. The summed E-state index contributed by atoms with van der Waals surface area (Å²) in [5.41, 5.74) is 9.21. The first kappa shape index (κ1) is 29.7. The number of nitrogens with one attached hydrogen (secondary N) is 1. The van der Waals surface area contributed by atoms with Crippen molar-refractivity contribution in [2.75, 3.05) is 46.0 Å². The molecule has 0 aliphatic carbocycles. The predicted octanol–water partition coefficient (Wildman–Crippen LogP) is 3.51. The second kappa shape index (κ2) is 12.6. The maximum Gasteiger partial charge on any atom is 0.326 e. The molecule has 0 saturated carbocycles. The molecule has 1 atom stereocenters. The molecule has 0 unspecified atom stereocenters. The molecule has 3 aromatic rings. The summed E-state index contributed by atoms with van der Waals surface area (Å²) in [6.45, 7) is 2.38. The number of piperidine rings is 2. The van der Waals surface area contributed by atoms with Crippen molar-refractivity contribution < 1.29 is 9.59 Å². The van der Waals surface area contributed by atoms with E-state index in [1.54, 1.807) is 12.1 Å². The van der Waals surface area contributed by atoms with Gasteiger partial charge in [0.25, 0.3) is 0 Å². The van der Waals surface area contributed by atoms with Crippen LogP contribution in [0.5, 0.6) is 0 Å². The van der Waals surface area contributed by atoms with Crippen molar-refractivity contribution in [3.8, 4) is 12.3 Å². The standard InChI is InChI=1S/C32H39ClN6O3/c1-4-22-17-21(19-26(33)30(22)34)18-23(31(41)38-15-9-24(10-16-38)36(2)3)20-29(40)37-13-11-25(12-14-37)39-28-8-6-5-7-27(28)35-32(39)42/h1,5-8,17,19,23-25H,9-16,18,20,34H2,2-3H3,(H,35,42)/t23-/m0/s1. The van der Waals surface area contributed by atoms with Crippen molar-refractivity contribution >= 4 is 40.1 Å². The van der Waals surface area contributed by atoms with E-state index in [0.29, 0.717) is 67.8 Å². The second-order valence-electron chi connectivity index (χ2n) is 11.7. The van der Waals surface area contributed by atoms with E-state index in [0.717, 1.165) is 29.4 Å². The fourth-order valence-corrected chi connectivity index (χ4v) is 6.70. The Balaban J connectivity index is 1.30. The Morgan fingerprint density at radius 3 is 2.43 bits per heavy atom. The molecule has 1 aromatic heterocycles. The van der Waals surface area contributed by atoms with Gasteiger partial charge >= 0.3 is 5.69 Å². The Morgan fingerprint density at radius 2 is 1.76 bits per heavy atom. The first-order valence-corrected chi connectivity index (χ1v) is 15.0. The lowest BCUT2D eigenvalue weighted by Gasteiger charge is -2.37. The summed E-state index contributed by atoms with van der Waals surface area (Å²) in [4.78, 5) is 49.1. The molecule has 42 heavy (non-hydrogen) atoms. The van der Waals surface area contributed by atoms with Crippen molar-refractivity contribution in [1.29, 1.82) is 0 Å². The van der Waals surface area contributed by atoms with Gasteiger partial charge in [0.1, 0.15) is 0 Å². The van der Waals surface area contributed by atoms with Crippen LogP contribution in [-0.4, -0.2) is 82.4 Å². The van der Waals surface area contributed by atoms with Gasteiger partial charge in [-0.25, -0.2) is 4.79 Å². The lowest BCUT2D eigenvalue weighted by atomic mass is 9.91. The number of benzene rings is 2. The van der Waals surface area contributed by atoms with Gasteiger partial charge in [0, 0.05) is 50.2 Å². The monoisotopic (exact) mass is 590 g/mol. The van der Waals surface area contributed by atoms with Gasteiger partial charge in [0.15, 0.2) is 0 Å². The van der Waals surface area contributed by atoms with Crippen LogP contribution in [0.4, 0.5) is 5.69 Å². The minimum atomic E-state index is -0.548. The molecule has 2 aromatic carbocycles. The van der Waals surface area contributed by atoms with Crippen LogP contribution in [0.25, 0.3) is 11.0 Å². The second-order valence-corrected chi connectivity index (χ2v) is 12.1. The Morgan fingerprint density at radius 1 is 1.10 bits per heavy atom. The summed E-state index contributed by atoms with van der Waals surface area (Å²) < 4.78 is 1.81. The van der Waals surface area contributed by atoms with Gasteiger partial charge in [0.05, 0.1) is 27.7 Å². The number of carbonyl (C=O) groups excluding carboxylic acids is 2. The van der Waals surface area contributed by atoms with Crippen LogP contribution in [0.2, 0.25) is 5.02 Å². The number of aromatic amines is 1. The van der Waals surface area contributed by atoms with E-state index < -0.39 is 5.92 Å². The molecule has 0 radical (unpaired) electrons. The lowest BCUT2D eigenvalue weighted by molar-refractivity contribution is -0.142. The number of nitrogen functional groups attached to an aromatic ring is 1. The highest BCUT2D eigenvalue weighted by atomic mass is 35.5. The van der Waals surface area contributed by atoms with E-state index in [2.05, 4.69) is 29.9 Å². The highest BCUT2D eigenvalue weighted by Crippen LogP contribution is 2.29. The summed E-state index contributed by atoms with van der Waals surface area (Å²) >= 11 is 6.36. The molecule has 9 nitrogen and oxygen atoms in total. The number of para-hydroxylation sites is 2. The molecule has 3 N–H and O–H groups in total. The van der Waals surface area contributed by atoms with Gasteiger partial charge in [-0.3, -0.25) is 14.2 Å². The number of rotatable bonds is 7. The van der Waals surface area contributed by atoms with Gasteiger partial charge in [-0.2, -0.15) is 0 Å². The molecule has 2 amide bonds. The molecule has 0 bridgehead atoms. The number of H-pyrrole nitrogens is 1. The molecule has 2 aliphatic heterocycles.